The van der Waals surface area contributed by atoms with Gasteiger partial charge in [0.05, 0.1) is 17.7 Å². The number of rotatable bonds is 6. The normalized spacial score (nSPS) is 11.0. The first kappa shape index (κ1) is 17.8. The second-order valence-corrected chi connectivity index (χ2v) is 7.03. The van der Waals surface area contributed by atoms with Crippen LogP contribution in [-0.2, 0) is 10.0 Å². The molecule has 2 rings (SSSR count). The molecule has 0 spiro atoms. The molecule has 0 radical (unpaired) electrons. The van der Waals surface area contributed by atoms with E-state index in [1.807, 2.05) is 0 Å². The predicted octanol–water partition coefficient (Wildman–Crippen LogP) is 2.27. The first-order chi connectivity index (χ1) is 11.4. The quantitative estimate of drug-likeness (QED) is 0.869. The molecule has 0 bridgehead atoms. The number of nitrogens with one attached hydrogen (secondary N) is 1. The minimum Gasteiger partial charge on any atom is -0.497 e. The number of benzene rings is 2. The van der Waals surface area contributed by atoms with Crippen LogP contribution in [0.2, 0.25) is 0 Å². The maximum atomic E-state index is 12.8. The molecule has 0 unspecified atom stereocenters. The first-order valence-electron chi connectivity index (χ1n) is 7.41. The van der Waals surface area contributed by atoms with Crippen molar-refractivity contribution in [3.05, 3.63) is 54.1 Å². The monoisotopic (exact) mass is 348 g/mol. The maximum Gasteiger partial charge on any atom is 0.264 e. The summed E-state index contributed by atoms with van der Waals surface area (Å²) in [6.07, 6.45) is 0. The summed E-state index contributed by atoms with van der Waals surface area (Å²) >= 11 is 0. The van der Waals surface area contributed by atoms with Crippen molar-refractivity contribution in [1.29, 1.82) is 0 Å². The third kappa shape index (κ3) is 3.68. The summed E-state index contributed by atoms with van der Waals surface area (Å²) in [4.78, 5) is 12.0. The first-order valence-corrected chi connectivity index (χ1v) is 8.85. The van der Waals surface area contributed by atoms with Crippen LogP contribution in [0, 0.1) is 0 Å². The SMILES string of the molecule is CCNC(=O)c1cccc(S(=O)(=O)N(C)c2ccc(OC)cc2)c1. The van der Waals surface area contributed by atoms with Crippen LogP contribution < -0.4 is 14.4 Å². The van der Waals surface area contributed by atoms with E-state index in [1.54, 1.807) is 50.4 Å². The van der Waals surface area contributed by atoms with E-state index in [-0.39, 0.29) is 10.8 Å². The zero-order valence-corrected chi connectivity index (χ0v) is 14.6. The van der Waals surface area contributed by atoms with Crippen LogP contribution in [0.5, 0.6) is 5.75 Å². The van der Waals surface area contributed by atoms with Gasteiger partial charge in [0.15, 0.2) is 0 Å². The number of methoxy groups -OCH3 is 1. The molecular formula is C17H20N2O4S. The molecule has 0 fully saturated rings. The Balaban J connectivity index is 2.35. The molecule has 2 aromatic rings. The smallest absolute Gasteiger partial charge is 0.264 e. The Morgan fingerprint density at radius 2 is 1.83 bits per heavy atom. The number of anilines is 1. The van der Waals surface area contributed by atoms with Crippen LogP contribution in [0.4, 0.5) is 5.69 Å². The number of hydrogen-bond donors (Lipinski definition) is 1. The Hall–Kier alpha value is -2.54. The Morgan fingerprint density at radius 1 is 1.17 bits per heavy atom. The number of nitrogens with zero attached hydrogens (tertiary/aromatic N) is 1. The number of ether oxygens (including phenoxy) is 1. The highest BCUT2D eigenvalue weighted by atomic mass is 32.2. The summed E-state index contributed by atoms with van der Waals surface area (Å²) in [6, 6.07) is 12.7. The Kier molecular flexibility index (Phi) is 5.46. The van der Waals surface area contributed by atoms with Crippen molar-refractivity contribution in [1.82, 2.24) is 5.32 Å². The van der Waals surface area contributed by atoms with Crippen LogP contribution >= 0.6 is 0 Å². The lowest BCUT2D eigenvalue weighted by Crippen LogP contribution is -2.27. The van der Waals surface area contributed by atoms with E-state index in [9.17, 15) is 13.2 Å². The zero-order valence-electron chi connectivity index (χ0n) is 13.8. The average molecular weight is 348 g/mol. The third-order valence-electron chi connectivity index (χ3n) is 3.53. The summed E-state index contributed by atoms with van der Waals surface area (Å²) in [6.45, 7) is 2.28. The summed E-state index contributed by atoms with van der Waals surface area (Å²) < 4.78 is 31.8. The van der Waals surface area contributed by atoms with Crippen LogP contribution in [0.25, 0.3) is 0 Å². The highest BCUT2D eigenvalue weighted by molar-refractivity contribution is 7.92. The fourth-order valence-corrected chi connectivity index (χ4v) is 3.39. The van der Waals surface area contributed by atoms with Gasteiger partial charge >= 0.3 is 0 Å². The van der Waals surface area contributed by atoms with Crippen molar-refractivity contribution < 1.29 is 17.9 Å². The van der Waals surface area contributed by atoms with Gasteiger partial charge in [0.1, 0.15) is 5.75 Å². The Bertz CT molecular complexity index is 817. The highest BCUT2D eigenvalue weighted by Crippen LogP contribution is 2.24. The number of sulfonamides is 1. The van der Waals surface area contributed by atoms with E-state index in [2.05, 4.69) is 5.32 Å². The Morgan fingerprint density at radius 3 is 2.42 bits per heavy atom. The Labute approximate surface area is 142 Å². The molecule has 0 heterocycles. The summed E-state index contributed by atoms with van der Waals surface area (Å²) in [5.74, 6) is 0.337. The zero-order chi connectivity index (χ0) is 17.7. The van der Waals surface area contributed by atoms with Gasteiger partial charge in [-0.3, -0.25) is 9.10 Å². The molecule has 128 valence electrons. The molecule has 0 atom stereocenters. The van der Waals surface area contributed by atoms with Gasteiger partial charge in [-0.05, 0) is 49.4 Å². The molecule has 1 amide bonds. The van der Waals surface area contributed by atoms with Gasteiger partial charge in [0.2, 0.25) is 0 Å². The number of amides is 1. The molecule has 0 aliphatic heterocycles. The molecule has 0 saturated carbocycles. The molecule has 24 heavy (non-hydrogen) atoms. The average Bonchev–Trinajstić information content (AvgIpc) is 2.61. The molecule has 0 aliphatic carbocycles. The number of hydrogen-bond acceptors (Lipinski definition) is 4. The standard InChI is InChI=1S/C17H20N2O4S/c1-4-18-17(20)13-6-5-7-16(12-13)24(21,22)19(2)14-8-10-15(23-3)11-9-14/h5-12H,4H2,1-3H3,(H,18,20). The van der Waals surface area contributed by atoms with Crippen LogP contribution in [-0.4, -0.2) is 35.0 Å². The highest BCUT2D eigenvalue weighted by Gasteiger charge is 2.22. The van der Waals surface area contributed by atoms with Crippen LogP contribution in [0.1, 0.15) is 17.3 Å². The van der Waals surface area contributed by atoms with Crippen molar-refractivity contribution in [2.45, 2.75) is 11.8 Å². The van der Waals surface area contributed by atoms with Crippen molar-refractivity contribution in [2.24, 2.45) is 0 Å². The summed E-state index contributed by atoms with van der Waals surface area (Å²) in [7, 11) is -0.758. The molecule has 0 aliphatic rings. The van der Waals surface area contributed by atoms with Gasteiger partial charge in [-0.2, -0.15) is 0 Å². The van der Waals surface area contributed by atoms with E-state index in [0.717, 1.165) is 0 Å². The van der Waals surface area contributed by atoms with Gasteiger partial charge < -0.3 is 10.1 Å². The lowest BCUT2D eigenvalue weighted by molar-refractivity contribution is 0.0955. The van der Waals surface area contributed by atoms with E-state index in [4.69, 9.17) is 4.74 Å². The molecule has 0 aromatic heterocycles. The topological polar surface area (TPSA) is 75.7 Å². The second kappa shape index (κ2) is 7.35. The van der Waals surface area contributed by atoms with Crippen molar-refractivity contribution in [2.75, 3.05) is 25.0 Å². The van der Waals surface area contributed by atoms with Gasteiger partial charge in [0, 0.05) is 19.2 Å². The van der Waals surface area contributed by atoms with Crippen LogP contribution in [0.3, 0.4) is 0 Å². The lowest BCUT2D eigenvalue weighted by Gasteiger charge is -2.20. The molecule has 2 aromatic carbocycles. The van der Waals surface area contributed by atoms with Gasteiger partial charge in [-0.15, -0.1) is 0 Å². The summed E-state index contributed by atoms with van der Waals surface area (Å²) in [5, 5.41) is 2.65. The fourth-order valence-electron chi connectivity index (χ4n) is 2.15. The van der Waals surface area contributed by atoms with Gasteiger partial charge in [-0.1, -0.05) is 6.07 Å². The second-order valence-electron chi connectivity index (χ2n) is 5.06. The molecular weight excluding hydrogens is 328 g/mol. The fraction of sp³-hybridized carbons (Fsp3) is 0.235. The van der Waals surface area contributed by atoms with Crippen molar-refractivity contribution in [3.8, 4) is 5.75 Å². The molecule has 6 nitrogen and oxygen atoms in total. The molecule has 0 saturated heterocycles. The van der Waals surface area contributed by atoms with E-state index in [0.29, 0.717) is 23.5 Å². The molecule has 7 heteroatoms. The number of carbonyl (C=O) groups excluding carboxylic acids is 1. The minimum absolute atomic E-state index is 0.0598. The third-order valence-corrected chi connectivity index (χ3v) is 5.31. The largest absolute Gasteiger partial charge is 0.497 e. The predicted molar refractivity (Wildman–Crippen MR) is 93.0 cm³/mol. The van der Waals surface area contributed by atoms with E-state index >= 15 is 0 Å². The summed E-state index contributed by atoms with van der Waals surface area (Å²) in [5.41, 5.74) is 0.806. The van der Waals surface area contributed by atoms with Gasteiger partial charge in [-0.25, -0.2) is 8.42 Å². The van der Waals surface area contributed by atoms with Gasteiger partial charge in [0.25, 0.3) is 15.9 Å². The van der Waals surface area contributed by atoms with Crippen molar-refractivity contribution in [3.63, 3.8) is 0 Å². The number of carbonyl (C=O) groups is 1. The molecule has 1 N–H and O–H groups in total. The minimum atomic E-state index is -3.77. The maximum absolute atomic E-state index is 12.8. The van der Waals surface area contributed by atoms with Crippen molar-refractivity contribution >= 4 is 21.6 Å². The van der Waals surface area contributed by atoms with E-state index in [1.165, 1.54) is 23.5 Å². The lowest BCUT2D eigenvalue weighted by atomic mass is 10.2. The van der Waals surface area contributed by atoms with Crippen LogP contribution in [0.15, 0.2) is 53.4 Å². The van der Waals surface area contributed by atoms with E-state index < -0.39 is 10.0 Å².